The molecule has 0 spiro atoms. The number of benzene rings is 2. The van der Waals surface area contributed by atoms with E-state index in [2.05, 4.69) is 17.0 Å². The van der Waals surface area contributed by atoms with Gasteiger partial charge in [-0.05, 0) is 36.1 Å². The summed E-state index contributed by atoms with van der Waals surface area (Å²) in [5.41, 5.74) is 3.38. The fourth-order valence-corrected chi connectivity index (χ4v) is 3.14. The molecule has 1 aliphatic rings. The second-order valence-corrected chi connectivity index (χ2v) is 6.45. The molecule has 1 atom stereocenters. The Morgan fingerprint density at radius 2 is 2.04 bits per heavy atom. The number of ether oxygens (including phenoxy) is 1. The normalized spacial score (nSPS) is 15.4. The summed E-state index contributed by atoms with van der Waals surface area (Å²) >= 11 is 0. The van der Waals surface area contributed by atoms with Crippen LogP contribution in [0.25, 0.3) is 0 Å². The lowest BCUT2D eigenvalue weighted by Gasteiger charge is -2.30. The first-order valence-electron chi connectivity index (χ1n) is 8.38. The Balaban J connectivity index is 1.56. The van der Waals surface area contributed by atoms with E-state index in [-0.39, 0.29) is 18.0 Å². The van der Waals surface area contributed by atoms with E-state index < -0.39 is 11.0 Å². The highest BCUT2D eigenvalue weighted by molar-refractivity contribution is 5.48. The van der Waals surface area contributed by atoms with Gasteiger partial charge in [-0.1, -0.05) is 30.3 Å². The molecular formula is C19H22N2O4. The molecule has 2 aromatic rings. The number of β-amino-alcohol motifs (C(OH)–C–C–N with tert-alkyl or cyclic N) is 1. The van der Waals surface area contributed by atoms with Crippen molar-refractivity contribution in [2.75, 3.05) is 19.7 Å². The number of nitro groups is 1. The van der Waals surface area contributed by atoms with Gasteiger partial charge in [0, 0.05) is 25.7 Å². The van der Waals surface area contributed by atoms with Crippen molar-refractivity contribution in [2.45, 2.75) is 26.0 Å². The molecule has 0 radical (unpaired) electrons. The Labute approximate surface area is 146 Å². The second kappa shape index (κ2) is 7.63. The molecule has 0 aliphatic carbocycles. The average Bonchev–Trinajstić information content (AvgIpc) is 2.60. The number of aryl methyl sites for hydroxylation is 1. The zero-order valence-corrected chi connectivity index (χ0v) is 14.2. The maximum atomic E-state index is 11.1. The minimum Gasteiger partial charge on any atom is -0.484 e. The van der Waals surface area contributed by atoms with Gasteiger partial charge < -0.3 is 9.84 Å². The SMILES string of the molecule is Cc1ccc(OCC(O)CN2CCc3ccccc3C2)c([N+](=O)[O-])c1. The van der Waals surface area contributed by atoms with Crippen LogP contribution in [0.15, 0.2) is 42.5 Å². The zero-order chi connectivity index (χ0) is 17.8. The number of aliphatic hydroxyl groups is 1. The number of fused-ring (bicyclic) bond motifs is 1. The van der Waals surface area contributed by atoms with Crippen molar-refractivity contribution in [2.24, 2.45) is 0 Å². The molecule has 6 nitrogen and oxygen atoms in total. The Bertz CT molecular complexity index is 763. The fraction of sp³-hybridized carbons (Fsp3) is 0.368. The molecule has 0 bridgehead atoms. The van der Waals surface area contributed by atoms with Gasteiger partial charge in [0.25, 0.3) is 0 Å². The molecule has 0 fully saturated rings. The molecule has 0 aromatic heterocycles. The summed E-state index contributed by atoms with van der Waals surface area (Å²) in [6.07, 6.45) is 0.263. The third-order valence-electron chi connectivity index (χ3n) is 4.42. The van der Waals surface area contributed by atoms with E-state index in [1.165, 1.54) is 17.2 Å². The minimum atomic E-state index is -0.703. The Kier molecular flexibility index (Phi) is 5.31. The maximum absolute atomic E-state index is 11.1. The van der Waals surface area contributed by atoms with Crippen LogP contribution in [-0.2, 0) is 13.0 Å². The third-order valence-corrected chi connectivity index (χ3v) is 4.42. The van der Waals surface area contributed by atoms with Crippen molar-refractivity contribution >= 4 is 5.69 Å². The van der Waals surface area contributed by atoms with Crippen LogP contribution in [0, 0.1) is 17.0 Å². The molecule has 25 heavy (non-hydrogen) atoms. The molecule has 0 saturated heterocycles. The van der Waals surface area contributed by atoms with E-state index in [1.54, 1.807) is 19.1 Å². The predicted molar refractivity (Wildman–Crippen MR) is 94.8 cm³/mol. The maximum Gasteiger partial charge on any atom is 0.311 e. The Morgan fingerprint density at radius 3 is 2.80 bits per heavy atom. The topological polar surface area (TPSA) is 75.8 Å². The molecule has 0 saturated carbocycles. The molecule has 3 rings (SSSR count). The molecule has 132 valence electrons. The van der Waals surface area contributed by atoms with Gasteiger partial charge in [-0.2, -0.15) is 0 Å². The van der Waals surface area contributed by atoms with Gasteiger partial charge >= 0.3 is 5.69 Å². The highest BCUT2D eigenvalue weighted by atomic mass is 16.6. The van der Waals surface area contributed by atoms with E-state index in [0.717, 1.165) is 25.1 Å². The summed E-state index contributed by atoms with van der Waals surface area (Å²) in [5, 5.41) is 21.4. The number of rotatable bonds is 6. The molecule has 6 heteroatoms. The third kappa shape index (κ3) is 4.35. The lowest BCUT2D eigenvalue weighted by molar-refractivity contribution is -0.386. The van der Waals surface area contributed by atoms with Crippen LogP contribution in [0.3, 0.4) is 0 Å². The molecule has 2 aromatic carbocycles. The summed E-state index contributed by atoms with van der Waals surface area (Å²) in [6.45, 7) is 3.99. The first-order valence-corrected chi connectivity index (χ1v) is 8.38. The average molecular weight is 342 g/mol. The van der Waals surface area contributed by atoms with Gasteiger partial charge in [0.1, 0.15) is 12.7 Å². The van der Waals surface area contributed by atoms with Crippen LogP contribution in [0.4, 0.5) is 5.69 Å². The fourth-order valence-electron chi connectivity index (χ4n) is 3.14. The minimum absolute atomic E-state index is 0.0298. The summed E-state index contributed by atoms with van der Waals surface area (Å²) < 4.78 is 5.51. The summed E-state index contributed by atoms with van der Waals surface area (Å²) in [6, 6.07) is 13.1. The van der Waals surface area contributed by atoms with Crippen LogP contribution in [0.2, 0.25) is 0 Å². The summed E-state index contributed by atoms with van der Waals surface area (Å²) in [4.78, 5) is 12.8. The second-order valence-electron chi connectivity index (χ2n) is 6.45. The molecule has 0 amide bonds. The van der Waals surface area contributed by atoms with Crippen molar-refractivity contribution in [1.82, 2.24) is 4.90 Å². The van der Waals surface area contributed by atoms with Crippen LogP contribution in [-0.4, -0.2) is 40.7 Å². The van der Waals surface area contributed by atoms with Crippen molar-refractivity contribution in [3.63, 3.8) is 0 Å². The molecule has 1 N–H and O–H groups in total. The molecular weight excluding hydrogens is 320 g/mol. The van der Waals surface area contributed by atoms with Crippen LogP contribution in [0.5, 0.6) is 5.75 Å². The van der Waals surface area contributed by atoms with E-state index in [1.807, 2.05) is 12.1 Å². The monoisotopic (exact) mass is 342 g/mol. The van der Waals surface area contributed by atoms with Gasteiger partial charge in [0.05, 0.1) is 4.92 Å². The van der Waals surface area contributed by atoms with Crippen molar-refractivity contribution in [3.05, 3.63) is 69.3 Å². The quantitative estimate of drug-likeness (QED) is 0.645. The molecule has 1 unspecified atom stereocenters. The molecule has 1 aliphatic heterocycles. The van der Waals surface area contributed by atoms with Crippen molar-refractivity contribution in [3.8, 4) is 5.75 Å². The van der Waals surface area contributed by atoms with E-state index in [4.69, 9.17) is 4.74 Å². The van der Waals surface area contributed by atoms with E-state index >= 15 is 0 Å². The first kappa shape index (κ1) is 17.4. The lowest BCUT2D eigenvalue weighted by atomic mass is 10.00. The Morgan fingerprint density at radius 1 is 1.28 bits per heavy atom. The largest absolute Gasteiger partial charge is 0.484 e. The van der Waals surface area contributed by atoms with E-state index in [0.29, 0.717) is 6.54 Å². The summed E-state index contributed by atoms with van der Waals surface area (Å²) in [5.74, 6) is 0.193. The number of nitrogens with zero attached hydrogens (tertiary/aromatic N) is 2. The lowest BCUT2D eigenvalue weighted by Crippen LogP contribution is -2.38. The number of hydrogen-bond donors (Lipinski definition) is 1. The van der Waals surface area contributed by atoms with Crippen molar-refractivity contribution in [1.29, 1.82) is 0 Å². The highest BCUT2D eigenvalue weighted by Gasteiger charge is 2.20. The summed E-state index contributed by atoms with van der Waals surface area (Å²) in [7, 11) is 0. The van der Waals surface area contributed by atoms with Gasteiger partial charge in [-0.3, -0.25) is 15.0 Å². The smallest absolute Gasteiger partial charge is 0.311 e. The number of aliphatic hydroxyl groups excluding tert-OH is 1. The van der Waals surface area contributed by atoms with Crippen molar-refractivity contribution < 1.29 is 14.8 Å². The predicted octanol–water partition coefficient (Wildman–Crippen LogP) is 2.70. The molecule has 1 heterocycles. The standard InChI is InChI=1S/C19H22N2O4/c1-14-6-7-19(18(10-14)21(23)24)25-13-17(22)12-20-9-8-15-4-2-3-5-16(15)11-20/h2-7,10,17,22H,8-9,11-13H2,1H3. The van der Waals surface area contributed by atoms with Crippen LogP contribution < -0.4 is 4.74 Å². The first-order chi connectivity index (χ1) is 12.0. The van der Waals surface area contributed by atoms with E-state index in [9.17, 15) is 15.2 Å². The number of nitro benzene ring substituents is 1. The van der Waals surface area contributed by atoms with Gasteiger partial charge in [-0.15, -0.1) is 0 Å². The van der Waals surface area contributed by atoms with Gasteiger partial charge in [-0.25, -0.2) is 0 Å². The highest BCUT2D eigenvalue weighted by Crippen LogP contribution is 2.28. The van der Waals surface area contributed by atoms with Crippen LogP contribution >= 0.6 is 0 Å². The Hall–Kier alpha value is -2.44. The van der Waals surface area contributed by atoms with Gasteiger partial charge in [0.2, 0.25) is 0 Å². The van der Waals surface area contributed by atoms with Gasteiger partial charge in [0.15, 0.2) is 5.75 Å². The zero-order valence-electron chi connectivity index (χ0n) is 14.2. The van der Waals surface area contributed by atoms with Crippen LogP contribution in [0.1, 0.15) is 16.7 Å². The number of hydrogen-bond acceptors (Lipinski definition) is 5.